The van der Waals surface area contributed by atoms with Crippen LogP contribution in [0, 0.1) is 13.8 Å². The number of carbonyl (C=O) groups is 1. The van der Waals surface area contributed by atoms with E-state index in [9.17, 15) is 4.79 Å². The van der Waals surface area contributed by atoms with Gasteiger partial charge in [0.15, 0.2) is 0 Å². The Balaban J connectivity index is 2.09. The summed E-state index contributed by atoms with van der Waals surface area (Å²) in [5, 5.41) is 6.04. The second kappa shape index (κ2) is 4.03. The van der Waals surface area contributed by atoms with Crippen LogP contribution in [0.5, 0.6) is 0 Å². The predicted octanol–water partition coefficient (Wildman–Crippen LogP) is 1.60. The molecule has 0 spiro atoms. The average Bonchev–Trinajstić information content (AvgIpc) is 2.08. The summed E-state index contributed by atoms with van der Waals surface area (Å²) >= 11 is 0. The van der Waals surface area contributed by atoms with Gasteiger partial charge in [0.25, 0.3) is 0 Å². The Bertz CT molecular complexity index is 383. The van der Waals surface area contributed by atoms with E-state index in [1.807, 2.05) is 32.0 Å². The number of hydrogen-bond donors (Lipinski definition) is 2. The van der Waals surface area contributed by atoms with Crippen LogP contribution in [0.15, 0.2) is 18.2 Å². The Morgan fingerprint density at radius 2 is 2.20 bits per heavy atom. The van der Waals surface area contributed by atoms with E-state index >= 15 is 0 Å². The molecule has 0 unspecified atom stereocenters. The van der Waals surface area contributed by atoms with Crippen molar-refractivity contribution in [1.29, 1.82) is 0 Å². The Morgan fingerprint density at radius 3 is 2.80 bits per heavy atom. The minimum Gasteiger partial charge on any atom is -0.324 e. The van der Waals surface area contributed by atoms with Crippen LogP contribution in [0.25, 0.3) is 0 Å². The van der Waals surface area contributed by atoms with Crippen molar-refractivity contribution in [2.45, 2.75) is 26.3 Å². The highest BCUT2D eigenvalue weighted by molar-refractivity contribution is 5.96. The SMILES string of the molecule is Cc1ccc(C)c(NC(=O)[C@H]2CCN2)c1. The molecule has 1 aliphatic heterocycles. The number of benzene rings is 1. The molecule has 2 rings (SSSR count). The third kappa shape index (κ3) is 2.18. The zero-order valence-electron chi connectivity index (χ0n) is 9.13. The molecule has 0 radical (unpaired) electrons. The van der Waals surface area contributed by atoms with Gasteiger partial charge in [-0.3, -0.25) is 4.79 Å². The van der Waals surface area contributed by atoms with E-state index in [4.69, 9.17) is 0 Å². The lowest BCUT2D eigenvalue weighted by atomic mass is 10.1. The van der Waals surface area contributed by atoms with Gasteiger partial charge in [-0.1, -0.05) is 12.1 Å². The fourth-order valence-electron chi connectivity index (χ4n) is 1.60. The Kier molecular flexibility index (Phi) is 2.73. The summed E-state index contributed by atoms with van der Waals surface area (Å²) in [4.78, 5) is 11.7. The zero-order valence-corrected chi connectivity index (χ0v) is 9.13. The van der Waals surface area contributed by atoms with E-state index < -0.39 is 0 Å². The maximum Gasteiger partial charge on any atom is 0.241 e. The molecule has 1 aliphatic rings. The molecule has 1 saturated heterocycles. The highest BCUT2D eigenvalue weighted by Crippen LogP contribution is 2.17. The monoisotopic (exact) mass is 204 g/mol. The van der Waals surface area contributed by atoms with E-state index in [2.05, 4.69) is 10.6 Å². The van der Waals surface area contributed by atoms with Crippen LogP contribution < -0.4 is 10.6 Å². The summed E-state index contributed by atoms with van der Waals surface area (Å²) < 4.78 is 0. The van der Waals surface area contributed by atoms with E-state index in [0.29, 0.717) is 0 Å². The van der Waals surface area contributed by atoms with Crippen molar-refractivity contribution < 1.29 is 4.79 Å². The molecule has 0 saturated carbocycles. The van der Waals surface area contributed by atoms with Crippen LogP contribution in [-0.4, -0.2) is 18.5 Å². The molecular formula is C12H16N2O. The van der Waals surface area contributed by atoms with Crippen LogP contribution in [0.4, 0.5) is 5.69 Å². The molecule has 1 amide bonds. The lowest BCUT2D eigenvalue weighted by Gasteiger charge is -2.26. The average molecular weight is 204 g/mol. The van der Waals surface area contributed by atoms with Gasteiger partial charge in [0.2, 0.25) is 5.91 Å². The van der Waals surface area contributed by atoms with Gasteiger partial charge in [-0.25, -0.2) is 0 Å². The number of anilines is 1. The van der Waals surface area contributed by atoms with Gasteiger partial charge < -0.3 is 10.6 Å². The molecule has 1 aromatic carbocycles. The fourth-order valence-corrected chi connectivity index (χ4v) is 1.60. The van der Waals surface area contributed by atoms with Gasteiger partial charge >= 0.3 is 0 Å². The van der Waals surface area contributed by atoms with Gasteiger partial charge in [-0.05, 0) is 44.0 Å². The minimum absolute atomic E-state index is 0.00455. The number of amides is 1. The van der Waals surface area contributed by atoms with E-state index in [0.717, 1.165) is 29.8 Å². The summed E-state index contributed by atoms with van der Waals surface area (Å²) in [5.74, 6) is 0.0787. The number of hydrogen-bond acceptors (Lipinski definition) is 2. The molecule has 1 heterocycles. The first-order chi connectivity index (χ1) is 7.16. The normalized spacial score (nSPS) is 19.5. The summed E-state index contributed by atoms with van der Waals surface area (Å²) in [6.07, 6.45) is 0.941. The first-order valence-electron chi connectivity index (χ1n) is 5.28. The largest absolute Gasteiger partial charge is 0.324 e. The lowest BCUT2D eigenvalue weighted by molar-refractivity contribution is -0.119. The molecule has 3 heteroatoms. The van der Waals surface area contributed by atoms with Gasteiger partial charge in [0.05, 0.1) is 6.04 Å². The molecule has 1 fully saturated rings. The second-order valence-electron chi connectivity index (χ2n) is 4.10. The third-order valence-electron chi connectivity index (χ3n) is 2.79. The highest BCUT2D eigenvalue weighted by Gasteiger charge is 2.24. The maximum absolute atomic E-state index is 11.7. The summed E-state index contributed by atoms with van der Waals surface area (Å²) in [7, 11) is 0. The molecule has 0 aliphatic carbocycles. The molecule has 3 nitrogen and oxygen atoms in total. The molecule has 0 aromatic heterocycles. The maximum atomic E-state index is 11.7. The predicted molar refractivity (Wildman–Crippen MR) is 61.0 cm³/mol. The number of nitrogens with one attached hydrogen (secondary N) is 2. The number of carbonyl (C=O) groups excluding carboxylic acids is 1. The van der Waals surface area contributed by atoms with E-state index in [1.165, 1.54) is 0 Å². The van der Waals surface area contributed by atoms with Crippen molar-refractivity contribution in [3.63, 3.8) is 0 Å². The van der Waals surface area contributed by atoms with Crippen LogP contribution in [0.1, 0.15) is 17.5 Å². The molecular weight excluding hydrogens is 188 g/mol. The fraction of sp³-hybridized carbons (Fsp3) is 0.417. The molecule has 0 bridgehead atoms. The minimum atomic E-state index is 0.00455. The number of rotatable bonds is 2. The summed E-state index contributed by atoms with van der Waals surface area (Å²) in [5.41, 5.74) is 3.19. The van der Waals surface area contributed by atoms with Crippen molar-refractivity contribution in [3.05, 3.63) is 29.3 Å². The van der Waals surface area contributed by atoms with Crippen LogP contribution in [-0.2, 0) is 4.79 Å². The van der Waals surface area contributed by atoms with Crippen LogP contribution >= 0.6 is 0 Å². The number of aryl methyl sites for hydroxylation is 2. The lowest BCUT2D eigenvalue weighted by Crippen LogP contribution is -2.50. The van der Waals surface area contributed by atoms with Crippen molar-refractivity contribution in [2.75, 3.05) is 11.9 Å². The van der Waals surface area contributed by atoms with Crippen molar-refractivity contribution in [2.24, 2.45) is 0 Å². The smallest absolute Gasteiger partial charge is 0.241 e. The second-order valence-corrected chi connectivity index (χ2v) is 4.10. The highest BCUT2D eigenvalue weighted by atomic mass is 16.2. The Hall–Kier alpha value is -1.35. The quantitative estimate of drug-likeness (QED) is 0.768. The Labute approximate surface area is 89.9 Å². The van der Waals surface area contributed by atoms with Gasteiger partial charge in [0, 0.05) is 5.69 Å². The molecule has 80 valence electrons. The van der Waals surface area contributed by atoms with Crippen molar-refractivity contribution in [1.82, 2.24) is 5.32 Å². The topological polar surface area (TPSA) is 41.1 Å². The van der Waals surface area contributed by atoms with Crippen LogP contribution in [0.2, 0.25) is 0 Å². The van der Waals surface area contributed by atoms with Gasteiger partial charge in [-0.2, -0.15) is 0 Å². The Morgan fingerprint density at radius 1 is 1.47 bits per heavy atom. The zero-order chi connectivity index (χ0) is 10.8. The van der Waals surface area contributed by atoms with Crippen molar-refractivity contribution in [3.8, 4) is 0 Å². The van der Waals surface area contributed by atoms with Gasteiger partial charge in [0.1, 0.15) is 0 Å². The molecule has 1 aromatic rings. The van der Waals surface area contributed by atoms with Gasteiger partial charge in [-0.15, -0.1) is 0 Å². The first kappa shape index (κ1) is 10.2. The van der Waals surface area contributed by atoms with Crippen molar-refractivity contribution >= 4 is 11.6 Å². The molecule has 15 heavy (non-hydrogen) atoms. The third-order valence-corrected chi connectivity index (χ3v) is 2.79. The first-order valence-corrected chi connectivity index (χ1v) is 5.28. The standard InChI is InChI=1S/C12H16N2O/c1-8-3-4-9(2)11(7-8)14-12(15)10-5-6-13-10/h3-4,7,10,13H,5-6H2,1-2H3,(H,14,15)/t10-/m1/s1. The molecule has 1 atom stereocenters. The summed E-state index contributed by atoms with van der Waals surface area (Å²) in [6.45, 7) is 4.98. The van der Waals surface area contributed by atoms with Crippen LogP contribution in [0.3, 0.4) is 0 Å². The summed E-state index contributed by atoms with van der Waals surface area (Å²) in [6, 6.07) is 6.09. The van der Waals surface area contributed by atoms with E-state index in [1.54, 1.807) is 0 Å². The van der Waals surface area contributed by atoms with E-state index in [-0.39, 0.29) is 11.9 Å². The molecule has 2 N–H and O–H groups in total.